The van der Waals surface area contributed by atoms with Gasteiger partial charge in [-0.05, 0) is 18.2 Å². The number of benzene rings is 1. The number of aromatic nitrogens is 1. The van der Waals surface area contributed by atoms with Crippen LogP contribution in [-0.2, 0) is 4.74 Å². The average Bonchev–Trinajstić information content (AvgIpc) is 2.86. The molecule has 108 valence electrons. The van der Waals surface area contributed by atoms with Gasteiger partial charge in [-0.15, -0.1) is 0 Å². The number of carbonyl (C=O) groups excluding carboxylic acids is 1. The Morgan fingerprint density at radius 3 is 2.86 bits per heavy atom. The summed E-state index contributed by atoms with van der Waals surface area (Å²) in [6.07, 6.45) is 2.98. The summed E-state index contributed by atoms with van der Waals surface area (Å²) in [5.41, 5.74) is 0.664. The molecule has 0 aliphatic rings. The van der Waals surface area contributed by atoms with Crippen LogP contribution in [-0.4, -0.2) is 24.7 Å². The van der Waals surface area contributed by atoms with Crippen LogP contribution in [0.5, 0.6) is 5.75 Å². The maximum atomic E-state index is 12.5. The highest BCUT2D eigenvalue weighted by atomic mass is 19.3. The average molecular weight is 293 g/mol. The first-order chi connectivity index (χ1) is 10.1. The lowest BCUT2D eigenvalue weighted by atomic mass is 10.1. The molecule has 0 N–H and O–H groups in total. The van der Waals surface area contributed by atoms with Gasteiger partial charge in [0, 0.05) is 23.2 Å². The summed E-state index contributed by atoms with van der Waals surface area (Å²) < 4.78 is 39.6. The molecule has 1 aromatic carbocycles. The Hall–Kier alpha value is -2.70. The van der Waals surface area contributed by atoms with Gasteiger partial charge < -0.3 is 13.9 Å². The molecule has 0 aliphatic carbocycles. The first-order valence-electron chi connectivity index (χ1n) is 5.94. The number of furan rings is 1. The predicted octanol–water partition coefficient (Wildman–Crippen LogP) is 3.37. The quantitative estimate of drug-likeness (QED) is 0.693. The number of hydrogen-bond donors (Lipinski definition) is 0. The lowest BCUT2D eigenvalue weighted by Gasteiger charge is -2.07. The van der Waals surface area contributed by atoms with Crippen molar-refractivity contribution in [2.45, 2.75) is 6.61 Å². The van der Waals surface area contributed by atoms with Gasteiger partial charge in [0.2, 0.25) is 0 Å². The molecule has 0 fully saturated rings. The molecule has 0 saturated carbocycles. The van der Waals surface area contributed by atoms with Crippen molar-refractivity contribution in [3.63, 3.8) is 0 Å². The fraction of sp³-hybridized carbons (Fsp3) is 0.143. The second-order valence-corrected chi connectivity index (χ2v) is 4.16. The molecular weight excluding hydrogens is 284 g/mol. The van der Waals surface area contributed by atoms with Gasteiger partial charge in [0.15, 0.2) is 11.3 Å². The number of esters is 1. The van der Waals surface area contributed by atoms with Gasteiger partial charge in [-0.25, -0.2) is 4.79 Å². The van der Waals surface area contributed by atoms with Gasteiger partial charge in [-0.3, -0.25) is 4.98 Å². The van der Waals surface area contributed by atoms with E-state index in [-0.39, 0.29) is 16.9 Å². The molecular formula is C14H9F2NO4. The van der Waals surface area contributed by atoms with Crippen LogP contribution in [0.4, 0.5) is 8.78 Å². The first-order valence-corrected chi connectivity index (χ1v) is 5.94. The molecule has 0 amide bonds. The van der Waals surface area contributed by atoms with Crippen molar-refractivity contribution in [3.8, 4) is 5.75 Å². The third kappa shape index (κ3) is 2.16. The van der Waals surface area contributed by atoms with Crippen LogP contribution < -0.4 is 4.74 Å². The van der Waals surface area contributed by atoms with E-state index in [0.29, 0.717) is 16.4 Å². The van der Waals surface area contributed by atoms with Crippen LogP contribution >= 0.6 is 0 Å². The molecule has 21 heavy (non-hydrogen) atoms. The van der Waals surface area contributed by atoms with Crippen molar-refractivity contribution >= 4 is 27.9 Å². The minimum atomic E-state index is -3.00. The molecule has 7 heteroatoms. The van der Waals surface area contributed by atoms with Crippen LogP contribution in [0.2, 0.25) is 0 Å². The summed E-state index contributed by atoms with van der Waals surface area (Å²) >= 11 is 0. The Morgan fingerprint density at radius 1 is 1.33 bits per heavy atom. The minimum absolute atomic E-state index is 0.0567. The van der Waals surface area contributed by atoms with E-state index in [2.05, 4.69) is 9.72 Å². The van der Waals surface area contributed by atoms with Gasteiger partial charge in [0.1, 0.15) is 5.58 Å². The van der Waals surface area contributed by atoms with Gasteiger partial charge in [-0.1, -0.05) is 0 Å². The zero-order chi connectivity index (χ0) is 15.0. The fourth-order valence-electron chi connectivity index (χ4n) is 2.17. The normalized spacial score (nSPS) is 11.2. The highest BCUT2D eigenvalue weighted by molar-refractivity contribution is 6.16. The fourth-order valence-corrected chi connectivity index (χ4v) is 2.17. The van der Waals surface area contributed by atoms with E-state index in [9.17, 15) is 13.6 Å². The molecule has 2 heterocycles. The van der Waals surface area contributed by atoms with E-state index in [1.165, 1.54) is 31.6 Å². The monoisotopic (exact) mass is 293 g/mol. The molecule has 0 spiro atoms. The number of ether oxygens (including phenoxy) is 2. The van der Waals surface area contributed by atoms with E-state index in [1.807, 2.05) is 0 Å². The van der Waals surface area contributed by atoms with Crippen molar-refractivity contribution < 1.29 is 27.5 Å². The first kappa shape index (κ1) is 13.3. The van der Waals surface area contributed by atoms with Crippen LogP contribution in [0.15, 0.2) is 35.0 Å². The molecule has 0 saturated heterocycles. The van der Waals surface area contributed by atoms with Gasteiger partial charge >= 0.3 is 12.6 Å². The summed E-state index contributed by atoms with van der Waals surface area (Å²) in [4.78, 5) is 15.8. The third-order valence-corrected chi connectivity index (χ3v) is 3.01. The van der Waals surface area contributed by atoms with Crippen molar-refractivity contribution in [2.75, 3.05) is 7.11 Å². The summed E-state index contributed by atoms with van der Waals surface area (Å²) in [6, 6.07) is 4.17. The van der Waals surface area contributed by atoms with Gasteiger partial charge in [0.05, 0.1) is 12.7 Å². The minimum Gasteiger partial charge on any atom is -0.465 e. The predicted molar refractivity (Wildman–Crippen MR) is 69.5 cm³/mol. The largest absolute Gasteiger partial charge is 0.465 e. The molecule has 5 nitrogen and oxygen atoms in total. The summed E-state index contributed by atoms with van der Waals surface area (Å²) in [5.74, 6) is -0.751. The molecule has 3 aromatic rings. The van der Waals surface area contributed by atoms with Gasteiger partial charge in [0.25, 0.3) is 0 Å². The molecule has 0 aliphatic heterocycles. The number of alkyl halides is 2. The highest BCUT2D eigenvalue weighted by Crippen LogP contribution is 2.37. The van der Waals surface area contributed by atoms with Crippen LogP contribution in [0.3, 0.4) is 0 Å². The van der Waals surface area contributed by atoms with E-state index in [0.717, 1.165) is 0 Å². The number of pyridine rings is 1. The van der Waals surface area contributed by atoms with E-state index in [4.69, 9.17) is 9.15 Å². The van der Waals surface area contributed by atoms with Crippen molar-refractivity contribution in [3.05, 3.63) is 36.2 Å². The number of rotatable bonds is 3. The molecule has 2 aromatic heterocycles. The number of methoxy groups -OCH3 is 1. The lowest BCUT2D eigenvalue weighted by molar-refractivity contribution is -0.0493. The van der Waals surface area contributed by atoms with Gasteiger partial charge in [-0.2, -0.15) is 8.78 Å². The maximum absolute atomic E-state index is 12.5. The number of carbonyl (C=O) groups is 1. The smallest absolute Gasteiger partial charge is 0.387 e. The summed E-state index contributed by atoms with van der Waals surface area (Å²) in [6.45, 7) is -3.00. The topological polar surface area (TPSA) is 61.6 Å². The summed E-state index contributed by atoms with van der Waals surface area (Å²) in [7, 11) is 1.23. The molecule has 3 rings (SSSR count). The molecule has 0 atom stereocenters. The second-order valence-electron chi connectivity index (χ2n) is 4.16. The zero-order valence-corrected chi connectivity index (χ0v) is 10.8. The Kier molecular flexibility index (Phi) is 3.17. The van der Waals surface area contributed by atoms with Crippen molar-refractivity contribution in [2.24, 2.45) is 0 Å². The number of halogens is 2. The van der Waals surface area contributed by atoms with Crippen LogP contribution in [0, 0.1) is 0 Å². The lowest BCUT2D eigenvalue weighted by Crippen LogP contribution is -2.05. The third-order valence-electron chi connectivity index (χ3n) is 3.01. The zero-order valence-electron chi connectivity index (χ0n) is 10.8. The number of fused-ring (bicyclic) bond motifs is 3. The Balaban J connectivity index is 2.38. The van der Waals surface area contributed by atoms with E-state index in [1.54, 1.807) is 6.07 Å². The maximum Gasteiger partial charge on any atom is 0.387 e. The van der Waals surface area contributed by atoms with Crippen molar-refractivity contribution in [1.29, 1.82) is 0 Å². The second kappa shape index (κ2) is 5.01. The summed E-state index contributed by atoms with van der Waals surface area (Å²) in [5, 5.41) is 0.857. The molecule has 0 bridgehead atoms. The highest BCUT2D eigenvalue weighted by Gasteiger charge is 2.21. The molecule has 0 radical (unpaired) electrons. The Morgan fingerprint density at radius 2 is 2.14 bits per heavy atom. The molecule has 0 unspecified atom stereocenters. The van der Waals surface area contributed by atoms with Crippen LogP contribution in [0.25, 0.3) is 21.9 Å². The Labute approximate surface area is 117 Å². The SMILES string of the molecule is COC(=O)c1ccc(OC(F)F)c2oc3ccncc3c12. The standard InChI is InChI=1S/C14H9F2NO4/c1-19-13(18)7-2-3-10(21-14(15)16)12-11(7)8-6-17-5-4-9(8)20-12/h2-6,14H,1H3. The van der Waals surface area contributed by atoms with Crippen molar-refractivity contribution in [1.82, 2.24) is 4.98 Å². The van der Waals surface area contributed by atoms with E-state index < -0.39 is 12.6 Å². The number of nitrogens with zero attached hydrogens (tertiary/aromatic N) is 1. The van der Waals surface area contributed by atoms with Crippen LogP contribution in [0.1, 0.15) is 10.4 Å². The Bertz CT molecular complexity index is 828. The van der Waals surface area contributed by atoms with E-state index >= 15 is 0 Å². The number of hydrogen-bond acceptors (Lipinski definition) is 5.